The number of aromatic hydroxyl groups is 1. The third-order valence-corrected chi connectivity index (χ3v) is 4.10. The summed E-state index contributed by atoms with van der Waals surface area (Å²) < 4.78 is 1.98. The molecule has 0 spiro atoms. The number of anilines is 1. The first kappa shape index (κ1) is 15.0. The summed E-state index contributed by atoms with van der Waals surface area (Å²) in [5.74, 6) is 0.248. The monoisotopic (exact) mass is 329 g/mol. The minimum Gasteiger partial charge on any atom is -0.508 e. The highest BCUT2D eigenvalue weighted by Crippen LogP contribution is 2.27. The normalized spacial score (nSPS) is 10.7. The van der Waals surface area contributed by atoms with Crippen LogP contribution in [0.25, 0.3) is 27.8 Å². The van der Waals surface area contributed by atoms with Crippen LogP contribution >= 0.6 is 0 Å². The molecule has 1 amide bonds. The Morgan fingerprint density at radius 2 is 1.76 bits per heavy atom. The van der Waals surface area contributed by atoms with Crippen LogP contribution in [0, 0.1) is 0 Å². The molecule has 0 aliphatic rings. The second-order valence-electron chi connectivity index (χ2n) is 5.68. The molecule has 0 atom stereocenters. The van der Waals surface area contributed by atoms with Gasteiger partial charge in [-0.05, 0) is 53.6 Å². The lowest BCUT2D eigenvalue weighted by atomic mass is 10.1. The standard InChI is InChI=1S/C20H15N3O2/c24-13-22-16-2-1-3-17(11-16)23-12-21-19-10-15(6-9-20(19)23)14-4-7-18(25)8-5-14/h1-13,25H,(H,22,24). The molecule has 4 rings (SSSR count). The second kappa shape index (κ2) is 6.13. The van der Waals surface area contributed by atoms with Crippen LogP contribution in [-0.2, 0) is 4.79 Å². The summed E-state index contributed by atoms with van der Waals surface area (Å²) in [6.45, 7) is 0. The number of carbonyl (C=O) groups excluding carboxylic acids is 1. The number of hydrogen-bond acceptors (Lipinski definition) is 3. The summed E-state index contributed by atoms with van der Waals surface area (Å²) in [5.41, 5.74) is 5.56. The van der Waals surface area contributed by atoms with E-state index in [2.05, 4.69) is 10.3 Å². The van der Waals surface area contributed by atoms with Crippen molar-refractivity contribution in [1.29, 1.82) is 0 Å². The van der Waals surface area contributed by atoms with Gasteiger partial charge in [0.15, 0.2) is 0 Å². The molecule has 4 aromatic rings. The number of phenolic OH excluding ortho intramolecular Hbond substituents is 1. The number of rotatable bonds is 4. The largest absolute Gasteiger partial charge is 0.508 e. The SMILES string of the molecule is O=CNc1cccc(-n2cnc3cc(-c4ccc(O)cc4)ccc32)c1. The summed E-state index contributed by atoms with van der Waals surface area (Å²) in [5, 5.41) is 12.1. The van der Waals surface area contributed by atoms with E-state index in [4.69, 9.17) is 0 Å². The Balaban J connectivity index is 1.76. The number of hydrogen-bond donors (Lipinski definition) is 2. The van der Waals surface area contributed by atoms with E-state index in [9.17, 15) is 9.90 Å². The molecule has 0 fully saturated rings. The van der Waals surface area contributed by atoms with E-state index in [0.29, 0.717) is 6.41 Å². The molecule has 25 heavy (non-hydrogen) atoms. The zero-order valence-corrected chi connectivity index (χ0v) is 13.3. The predicted octanol–water partition coefficient (Wildman–Crippen LogP) is 3.97. The van der Waals surface area contributed by atoms with Gasteiger partial charge in [0.05, 0.1) is 11.0 Å². The van der Waals surface area contributed by atoms with Gasteiger partial charge in [-0.2, -0.15) is 0 Å². The third kappa shape index (κ3) is 2.83. The molecule has 2 N–H and O–H groups in total. The maximum atomic E-state index is 10.6. The highest BCUT2D eigenvalue weighted by atomic mass is 16.3. The number of fused-ring (bicyclic) bond motifs is 1. The van der Waals surface area contributed by atoms with Crippen molar-refractivity contribution in [2.45, 2.75) is 0 Å². The summed E-state index contributed by atoms with van der Waals surface area (Å²) in [7, 11) is 0. The van der Waals surface area contributed by atoms with Crippen LogP contribution in [0.2, 0.25) is 0 Å². The summed E-state index contributed by atoms with van der Waals surface area (Å²) in [6, 6.07) is 20.7. The van der Waals surface area contributed by atoms with Crippen LogP contribution in [0.5, 0.6) is 5.75 Å². The molecule has 0 bridgehead atoms. The number of aromatic nitrogens is 2. The summed E-state index contributed by atoms with van der Waals surface area (Å²) >= 11 is 0. The van der Waals surface area contributed by atoms with Crippen molar-refractivity contribution in [2.75, 3.05) is 5.32 Å². The van der Waals surface area contributed by atoms with Gasteiger partial charge < -0.3 is 10.4 Å². The van der Waals surface area contributed by atoms with Crippen LogP contribution in [0.15, 0.2) is 73.1 Å². The van der Waals surface area contributed by atoms with Crippen molar-refractivity contribution in [2.24, 2.45) is 0 Å². The van der Waals surface area contributed by atoms with E-state index < -0.39 is 0 Å². The topological polar surface area (TPSA) is 67.2 Å². The molecule has 1 heterocycles. The number of nitrogens with zero attached hydrogens (tertiary/aromatic N) is 2. The van der Waals surface area contributed by atoms with Gasteiger partial charge in [-0.1, -0.05) is 24.3 Å². The summed E-state index contributed by atoms with van der Waals surface area (Å²) in [6.07, 6.45) is 2.43. The van der Waals surface area contributed by atoms with Crippen molar-refractivity contribution in [1.82, 2.24) is 9.55 Å². The van der Waals surface area contributed by atoms with Crippen molar-refractivity contribution in [3.63, 3.8) is 0 Å². The number of amides is 1. The lowest BCUT2D eigenvalue weighted by Crippen LogP contribution is -1.96. The number of phenols is 1. The van der Waals surface area contributed by atoms with E-state index >= 15 is 0 Å². The van der Waals surface area contributed by atoms with E-state index in [0.717, 1.165) is 33.5 Å². The average molecular weight is 329 g/mol. The molecule has 0 saturated heterocycles. The lowest BCUT2D eigenvalue weighted by Gasteiger charge is -2.07. The van der Waals surface area contributed by atoms with Gasteiger partial charge in [-0.25, -0.2) is 4.98 Å². The molecule has 5 heteroatoms. The molecular formula is C20H15N3O2. The predicted molar refractivity (Wildman–Crippen MR) is 97.9 cm³/mol. The number of carbonyl (C=O) groups is 1. The first-order valence-electron chi connectivity index (χ1n) is 7.82. The molecule has 3 aromatic carbocycles. The molecule has 0 saturated carbocycles. The molecule has 0 unspecified atom stereocenters. The second-order valence-corrected chi connectivity index (χ2v) is 5.68. The Bertz CT molecular complexity index is 1050. The van der Waals surface area contributed by atoms with E-state index in [1.807, 2.05) is 59.2 Å². The summed E-state index contributed by atoms with van der Waals surface area (Å²) in [4.78, 5) is 15.1. The van der Waals surface area contributed by atoms with Crippen LogP contribution in [0.1, 0.15) is 0 Å². The number of nitrogens with one attached hydrogen (secondary N) is 1. The molecule has 122 valence electrons. The fourth-order valence-electron chi connectivity index (χ4n) is 2.87. The maximum Gasteiger partial charge on any atom is 0.211 e. The van der Waals surface area contributed by atoms with Crippen molar-refractivity contribution < 1.29 is 9.90 Å². The van der Waals surface area contributed by atoms with E-state index in [-0.39, 0.29) is 5.75 Å². The first-order valence-corrected chi connectivity index (χ1v) is 7.82. The Morgan fingerprint density at radius 1 is 0.960 bits per heavy atom. The van der Waals surface area contributed by atoms with Crippen molar-refractivity contribution in [3.8, 4) is 22.6 Å². The van der Waals surface area contributed by atoms with Gasteiger partial charge in [0.2, 0.25) is 6.41 Å². The zero-order valence-electron chi connectivity index (χ0n) is 13.3. The van der Waals surface area contributed by atoms with Crippen molar-refractivity contribution >= 4 is 23.1 Å². The van der Waals surface area contributed by atoms with Crippen LogP contribution in [-0.4, -0.2) is 21.1 Å². The molecular weight excluding hydrogens is 314 g/mol. The maximum absolute atomic E-state index is 10.6. The lowest BCUT2D eigenvalue weighted by molar-refractivity contribution is -0.105. The van der Waals surface area contributed by atoms with Gasteiger partial charge in [0.25, 0.3) is 0 Å². The van der Waals surface area contributed by atoms with Gasteiger partial charge >= 0.3 is 0 Å². The van der Waals surface area contributed by atoms with Gasteiger partial charge in [0.1, 0.15) is 12.1 Å². The fourth-order valence-corrected chi connectivity index (χ4v) is 2.87. The minimum atomic E-state index is 0.248. The first-order chi connectivity index (χ1) is 12.2. The van der Waals surface area contributed by atoms with Crippen LogP contribution in [0.4, 0.5) is 5.69 Å². The van der Waals surface area contributed by atoms with E-state index in [1.54, 1.807) is 18.5 Å². The number of imidazole rings is 1. The molecule has 5 nitrogen and oxygen atoms in total. The van der Waals surface area contributed by atoms with Gasteiger partial charge in [-0.15, -0.1) is 0 Å². The molecule has 0 radical (unpaired) electrons. The molecule has 1 aromatic heterocycles. The van der Waals surface area contributed by atoms with E-state index in [1.165, 1.54) is 0 Å². The quantitative estimate of drug-likeness (QED) is 0.557. The third-order valence-electron chi connectivity index (χ3n) is 4.10. The average Bonchev–Trinajstić information content (AvgIpc) is 3.06. The van der Waals surface area contributed by atoms with Crippen molar-refractivity contribution in [3.05, 3.63) is 73.1 Å². The fraction of sp³-hybridized carbons (Fsp3) is 0. The molecule has 0 aliphatic heterocycles. The Kier molecular flexibility index (Phi) is 3.67. The molecule has 0 aliphatic carbocycles. The Morgan fingerprint density at radius 3 is 2.56 bits per heavy atom. The van der Waals surface area contributed by atoms with Crippen LogP contribution in [0.3, 0.4) is 0 Å². The van der Waals surface area contributed by atoms with Gasteiger partial charge in [0, 0.05) is 11.4 Å². The zero-order chi connectivity index (χ0) is 17.2. The highest BCUT2D eigenvalue weighted by Gasteiger charge is 2.07. The smallest absolute Gasteiger partial charge is 0.211 e. The Hall–Kier alpha value is -3.60. The Labute approximate surface area is 144 Å². The van der Waals surface area contributed by atoms with Crippen LogP contribution < -0.4 is 5.32 Å². The minimum absolute atomic E-state index is 0.248. The van der Waals surface area contributed by atoms with Gasteiger partial charge in [-0.3, -0.25) is 9.36 Å². The number of benzene rings is 3. The highest BCUT2D eigenvalue weighted by molar-refractivity contribution is 5.84.